The van der Waals surface area contributed by atoms with Crippen LogP contribution in [0.25, 0.3) is 0 Å². The van der Waals surface area contributed by atoms with Crippen molar-refractivity contribution >= 4 is 27.7 Å². The van der Waals surface area contributed by atoms with E-state index in [1.54, 1.807) is 12.4 Å². The second kappa shape index (κ2) is 5.62. The first-order valence-corrected chi connectivity index (χ1v) is 6.66. The Kier molecular flexibility index (Phi) is 4.15. The number of aromatic nitrogens is 2. The lowest BCUT2D eigenvalue weighted by atomic mass is 10.2. The van der Waals surface area contributed by atoms with Gasteiger partial charge in [-0.3, -0.25) is 0 Å². The van der Waals surface area contributed by atoms with Gasteiger partial charge in [-0.25, -0.2) is 9.97 Å². The molecule has 0 bridgehead atoms. The van der Waals surface area contributed by atoms with Gasteiger partial charge in [0.2, 0.25) is 0 Å². The van der Waals surface area contributed by atoms with Gasteiger partial charge in [0.15, 0.2) is 5.16 Å². The fourth-order valence-corrected chi connectivity index (χ4v) is 2.66. The predicted molar refractivity (Wildman–Crippen MR) is 71.0 cm³/mol. The van der Waals surface area contributed by atoms with Crippen molar-refractivity contribution < 1.29 is 5.11 Å². The molecule has 0 atom stereocenters. The van der Waals surface area contributed by atoms with E-state index in [-0.39, 0.29) is 6.61 Å². The summed E-state index contributed by atoms with van der Waals surface area (Å²) in [5, 5.41) is 9.95. The van der Waals surface area contributed by atoms with Gasteiger partial charge in [0.1, 0.15) is 0 Å². The fourth-order valence-electron chi connectivity index (χ4n) is 1.29. The van der Waals surface area contributed by atoms with Crippen molar-refractivity contribution in [1.29, 1.82) is 0 Å². The van der Waals surface area contributed by atoms with Gasteiger partial charge in [-0.15, -0.1) is 0 Å². The van der Waals surface area contributed by atoms with Crippen LogP contribution in [0, 0.1) is 6.92 Å². The van der Waals surface area contributed by atoms with E-state index in [1.165, 1.54) is 11.8 Å². The smallest absolute Gasteiger partial charge is 0.192 e. The summed E-state index contributed by atoms with van der Waals surface area (Å²) in [6.45, 7) is 1.97. The molecule has 0 radical (unpaired) electrons. The lowest BCUT2D eigenvalue weighted by Gasteiger charge is -2.06. The van der Waals surface area contributed by atoms with Crippen molar-refractivity contribution in [2.75, 3.05) is 0 Å². The van der Waals surface area contributed by atoms with Crippen LogP contribution in [0.1, 0.15) is 11.1 Å². The summed E-state index contributed by atoms with van der Waals surface area (Å²) < 4.78 is 0.976. The molecule has 1 aromatic carbocycles. The van der Waals surface area contributed by atoms with Crippen LogP contribution in [0.2, 0.25) is 0 Å². The molecular formula is C12H11BrN2OS. The first-order chi connectivity index (χ1) is 8.19. The van der Waals surface area contributed by atoms with Gasteiger partial charge in [0.25, 0.3) is 0 Å². The maximum absolute atomic E-state index is 9.26. The molecule has 0 unspecified atom stereocenters. The summed E-state index contributed by atoms with van der Waals surface area (Å²) in [6.07, 6.45) is 3.57. The first-order valence-electron chi connectivity index (χ1n) is 5.05. The van der Waals surface area contributed by atoms with Crippen LogP contribution in [0.3, 0.4) is 0 Å². The van der Waals surface area contributed by atoms with Gasteiger partial charge in [-0.05, 0) is 41.9 Å². The maximum Gasteiger partial charge on any atom is 0.192 e. The lowest BCUT2D eigenvalue weighted by molar-refractivity contribution is 0.279. The molecule has 3 nitrogen and oxygen atoms in total. The van der Waals surface area contributed by atoms with Crippen LogP contribution in [0.5, 0.6) is 0 Å². The molecule has 2 aromatic rings. The average molecular weight is 311 g/mol. The standard InChI is InChI=1S/C12H11BrN2OS/c1-8-5-14-12(15-6-8)17-11-4-10(13)3-2-9(11)7-16/h2-6,16H,7H2,1H3. The summed E-state index contributed by atoms with van der Waals surface area (Å²) in [4.78, 5) is 9.43. The van der Waals surface area contributed by atoms with E-state index in [1.807, 2.05) is 25.1 Å². The van der Waals surface area contributed by atoms with Crippen LogP contribution in [-0.4, -0.2) is 15.1 Å². The summed E-state index contributed by atoms with van der Waals surface area (Å²) >= 11 is 4.86. The number of halogens is 1. The minimum atomic E-state index is 0.0154. The molecule has 0 aliphatic heterocycles. The van der Waals surface area contributed by atoms with Gasteiger partial charge in [0, 0.05) is 21.8 Å². The van der Waals surface area contributed by atoms with E-state index in [4.69, 9.17) is 0 Å². The van der Waals surface area contributed by atoms with E-state index in [0.29, 0.717) is 5.16 Å². The van der Waals surface area contributed by atoms with Crippen LogP contribution < -0.4 is 0 Å². The highest BCUT2D eigenvalue weighted by atomic mass is 79.9. The quantitative estimate of drug-likeness (QED) is 0.884. The minimum Gasteiger partial charge on any atom is -0.392 e. The molecule has 0 fully saturated rings. The number of aryl methyl sites for hydroxylation is 1. The lowest BCUT2D eigenvalue weighted by Crippen LogP contribution is -1.90. The van der Waals surface area contributed by atoms with Gasteiger partial charge >= 0.3 is 0 Å². The Hall–Kier alpha value is -0.910. The van der Waals surface area contributed by atoms with Crippen molar-refractivity contribution in [3.8, 4) is 0 Å². The highest BCUT2D eigenvalue weighted by Crippen LogP contribution is 2.30. The molecule has 1 N–H and O–H groups in total. The Morgan fingerprint density at radius 3 is 2.65 bits per heavy atom. The SMILES string of the molecule is Cc1cnc(Sc2cc(Br)ccc2CO)nc1. The topological polar surface area (TPSA) is 46.0 Å². The van der Waals surface area contributed by atoms with Gasteiger partial charge < -0.3 is 5.11 Å². The van der Waals surface area contributed by atoms with Crippen molar-refractivity contribution in [2.24, 2.45) is 0 Å². The zero-order valence-electron chi connectivity index (χ0n) is 9.22. The number of aliphatic hydroxyl groups excluding tert-OH is 1. The van der Waals surface area contributed by atoms with Crippen molar-refractivity contribution in [3.05, 3.63) is 46.2 Å². The first kappa shape index (κ1) is 12.5. The molecule has 0 saturated heterocycles. The molecule has 1 heterocycles. The largest absolute Gasteiger partial charge is 0.392 e. The molecule has 0 aliphatic carbocycles. The summed E-state index contributed by atoms with van der Waals surface area (Å²) in [6, 6.07) is 5.76. The Morgan fingerprint density at radius 1 is 1.29 bits per heavy atom. The molecule has 88 valence electrons. The second-order valence-corrected chi connectivity index (χ2v) is 5.48. The van der Waals surface area contributed by atoms with Crippen LogP contribution in [0.4, 0.5) is 0 Å². The summed E-state index contributed by atoms with van der Waals surface area (Å²) in [5.74, 6) is 0. The van der Waals surface area contributed by atoms with E-state index in [2.05, 4.69) is 25.9 Å². The maximum atomic E-state index is 9.26. The Bertz CT molecular complexity index is 516. The van der Waals surface area contributed by atoms with Crippen molar-refractivity contribution in [1.82, 2.24) is 9.97 Å². The zero-order valence-corrected chi connectivity index (χ0v) is 11.6. The molecular weight excluding hydrogens is 300 g/mol. The van der Waals surface area contributed by atoms with E-state index >= 15 is 0 Å². The number of hydrogen-bond donors (Lipinski definition) is 1. The highest BCUT2D eigenvalue weighted by molar-refractivity contribution is 9.10. The van der Waals surface area contributed by atoms with Crippen LogP contribution >= 0.6 is 27.7 Å². The third-order valence-corrected chi connectivity index (χ3v) is 3.64. The molecule has 1 aromatic heterocycles. The van der Waals surface area contributed by atoms with E-state index in [9.17, 15) is 5.11 Å². The van der Waals surface area contributed by atoms with Crippen LogP contribution in [-0.2, 0) is 6.61 Å². The Balaban J connectivity index is 2.28. The molecule has 0 amide bonds. The molecule has 5 heteroatoms. The average Bonchev–Trinajstić information content (AvgIpc) is 2.32. The Labute approximate surface area is 112 Å². The fraction of sp³-hybridized carbons (Fsp3) is 0.167. The molecule has 0 saturated carbocycles. The van der Waals surface area contributed by atoms with Gasteiger partial charge in [-0.1, -0.05) is 22.0 Å². The molecule has 0 spiro atoms. The minimum absolute atomic E-state index is 0.0154. The number of rotatable bonds is 3. The third-order valence-electron chi connectivity index (χ3n) is 2.16. The van der Waals surface area contributed by atoms with Crippen molar-refractivity contribution in [3.63, 3.8) is 0 Å². The molecule has 2 rings (SSSR count). The second-order valence-electron chi connectivity index (χ2n) is 3.56. The number of benzene rings is 1. The normalized spacial score (nSPS) is 10.5. The monoisotopic (exact) mass is 310 g/mol. The van der Waals surface area contributed by atoms with Gasteiger partial charge in [-0.2, -0.15) is 0 Å². The summed E-state index contributed by atoms with van der Waals surface area (Å²) in [7, 11) is 0. The van der Waals surface area contributed by atoms with Crippen LogP contribution in [0.15, 0.2) is 45.1 Å². The Morgan fingerprint density at radius 2 is 2.00 bits per heavy atom. The number of aliphatic hydroxyl groups is 1. The van der Waals surface area contributed by atoms with Gasteiger partial charge in [0.05, 0.1) is 6.61 Å². The number of hydrogen-bond acceptors (Lipinski definition) is 4. The van der Waals surface area contributed by atoms with E-state index < -0.39 is 0 Å². The predicted octanol–water partition coefficient (Wildman–Crippen LogP) is 3.19. The molecule has 0 aliphatic rings. The highest BCUT2D eigenvalue weighted by Gasteiger charge is 2.06. The zero-order chi connectivity index (χ0) is 12.3. The third kappa shape index (κ3) is 3.28. The van der Waals surface area contributed by atoms with Crippen molar-refractivity contribution in [2.45, 2.75) is 23.6 Å². The van der Waals surface area contributed by atoms with E-state index in [0.717, 1.165) is 20.5 Å². The summed E-state index contributed by atoms with van der Waals surface area (Å²) in [5.41, 5.74) is 1.91. The molecule has 17 heavy (non-hydrogen) atoms. The number of nitrogens with zero attached hydrogens (tertiary/aromatic N) is 2.